The lowest BCUT2D eigenvalue weighted by molar-refractivity contribution is 0.123. The van der Waals surface area contributed by atoms with Crippen molar-refractivity contribution in [3.8, 4) is 0 Å². The molecule has 33 heavy (non-hydrogen) atoms. The lowest BCUT2D eigenvalue weighted by Crippen LogP contribution is -2.19. The lowest BCUT2D eigenvalue weighted by atomic mass is 9.81. The lowest BCUT2D eigenvalue weighted by Gasteiger charge is -2.23. The topological polar surface area (TPSA) is 101 Å². The molecule has 0 amide bonds. The Labute approximate surface area is 197 Å². The van der Waals surface area contributed by atoms with Crippen molar-refractivity contribution in [1.29, 1.82) is 0 Å². The van der Waals surface area contributed by atoms with Gasteiger partial charge in [-0.1, -0.05) is 66.2 Å². The van der Waals surface area contributed by atoms with Crippen molar-refractivity contribution in [3.05, 3.63) is 44.4 Å². The number of rotatable bonds is 18. The summed E-state index contributed by atoms with van der Waals surface area (Å²) in [7, 11) is 0. The Morgan fingerprint density at radius 2 is 1.06 bits per heavy atom. The van der Waals surface area contributed by atoms with Gasteiger partial charge in [-0.2, -0.15) is 10.3 Å². The number of ether oxygens (including phenoxy) is 1. The number of unbranched alkanes of at least 4 members (excludes halogenated alkanes) is 6. The van der Waals surface area contributed by atoms with E-state index in [4.69, 9.17) is 13.8 Å². The molecule has 0 aliphatic carbocycles. The summed E-state index contributed by atoms with van der Waals surface area (Å²) in [4.78, 5) is 23.2. The van der Waals surface area contributed by atoms with Crippen molar-refractivity contribution in [2.45, 2.75) is 105 Å². The van der Waals surface area contributed by atoms with Crippen LogP contribution in [0.25, 0.3) is 0 Å². The smallest absolute Gasteiger partial charge is 0.283 e. The van der Waals surface area contributed by atoms with Crippen LogP contribution in [0.15, 0.2) is 31.2 Å². The molecule has 2 N–H and O–H groups in total. The molecular weight excluding hydrogens is 420 g/mol. The van der Waals surface area contributed by atoms with Gasteiger partial charge in [-0.25, -0.2) is 0 Å². The number of hydrogen-bond donors (Lipinski definition) is 2. The maximum absolute atomic E-state index is 11.6. The molecule has 0 radical (unpaired) electrons. The molecule has 0 fully saturated rings. The molecule has 7 nitrogen and oxygen atoms in total. The molecule has 2 heterocycles. The number of aromatic nitrogens is 2. The van der Waals surface area contributed by atoms with Crippen molar-refractivity contribution >= 4 is 0 Å². The molecule has 2 aromatic heterocycles. The maximum atomic E-state index is 11.6. The Morgan fingerprint density at radius 3 is 1.52 bits per heavy atom. The third kappa shape index (κ3) is 11.1. The first-order valence-corrected chi connectivity index (χ1v) is 12.6. The monoisotopic (exact) mass is 464 g/mol. The predicted molar refractivity (Wildman–Crippen MR) is 131 cm³/mol. The largest absolute Gasteiger partial charge is 0.387 e. The average Bonchev–Trinajstić information content (AvgIpc) is 3.32. The summed E-state index contributed by atoms with van der Waals surface area (Å²) in [6, 6.07) is 0. The van der Waals surface area contributed by atoms with Crippen LogP contribution in [-0.4, -0.2) is 23.5 Å². The maximum Gasteiger partial charge on any atom is 0.283 e. The fourth-order valence-corrected chi connectivity index (χ4v) is 4.42. The van der Waals surface area contributed by atoms with Gasteiger partial charge in [0.05, 0.1) is 11.1 Å². The summed E-state index contributed by atoms with van der Waals surface area (Å²) >= 11 is 0. The quantitative estimate of drug-likeness (QED) is 0.263. The number of nitrogens with one attached hydrogen (secondary N) is 2. The minimum Gasteiger partial charge on any atom is -0.387 e. The summed E-state index contributed by atoms with van der Waals surface area (Å²) in [6.07, 6.45) is 16.2. The Morgan fingerprint density at radius 1 is 0.667 bits per heavy atom. The highest BCUT2D eigenvalue weighted by Crippen LogP contribution is 2.28. The first-order chi connectivity index (χ1) is 15.7. The molecule has 0 bridgehead atoms. The molecule has 188 valence electrons. The van der Waals surface area contributed by atoms with E-state index in [0.717, 1.165) is 69.3 Å². The van der Waals surface area contributed by atoms with Gasteiger partial charge < -0.3 is 13.8 Å². The summed E-state index contributed by atoms with van der Waals surface area (Å²) < 4.78 is 15.6. The van der Waals surface area contributed by atoms with E-state index in [1.165, 1.54) is 38.4 Å². The summed E-state index contributed by atoms with van der Waals surface area (Å²) in [5.74, 6) is 0. The Balaban J connectivity index is 1.39. The Bertz CT molecular complexity index is 814. The van der Waals surface area contributed by atoms with Crippen LogP contribution in [0.1, 0.15) is 103 Å². The summed E-state index contributed by atoms with van der Waals surface area (Å²) in [6.45, 7) is 10.5. The fourth-order valence-electron chi connectivity index (χ4n) is 4.42. The molecular formula is C26H44N2O5. The first-order valence-electron chi connectivity index (χ1n) is 12.6. The molecule has 0 atom stereocenters. The van der Waals surface area contributed by atoms with E-state index in [9.17, 15) is 9.59 Å². The first kappa shape index (κ1) is 27.2. The molecule has 0 aromatic carbocycles. The highest BCUT2D eigenvalue weighted by molar-refractivity contribution is 5.04. The normalized spacial score (nSPS) is 12.5. The average molecular weight is 465 g/mol. The molecule has 0 unspecified atom stereocenters. The van der Waals surface area contributed by atoms with Gasteiger partial charge in [-0.05, 0) is 49.4 Å². The number of H-pyrrole nitrogens is 2. The van der Waals surface area contributed by atoms with Crippen LogP contribution in [0.5, 0.6) is 0 Å². The van der Waals surface area contributed by atoms with Gasteiger partial charge in [0, 0.05) is 13.2 Å². The zero-order valence-corrected chi connectivity index (χ0v) is 21.1. The molecule has 7 heteroatoms. The Hall–Kier alpha value is -2.02. The second kappa shape index (κ2) is 13.6. The standard InChI is InChI=1S/C26H44N2O5/c1-25(2,17-21-19-32-27-23(21)29)13-9-7-5-6-8-11-15-31-16-12-10-14-26(3,4)18-22-20-33-28-24(22)30/h19-20H,5-18H2,1-4H3,(H,27,29)(H,28,30). The summed E-state index contributed by atoms with van der Waals surface area (Å²) in [5, 5.41) is 4.72. The molecule has 0 spiro atoms. The molecule has 2 rings (SSSR count). The third-order valence-electron chi connectivity index (χ3n) is 6.41. The number of aromatic amines is 2. The van der Waals surface area contributed by atoms with E-state index in [0.29, 0.717) is 0 Å². The Kier molecular flexibility index (Phi) is 11.2. The van der Waals surface area contributed by atoms with Crippen molar-refractivity contribution in [3.63, 3.8) is 0 Å². The molecule has 0 saturated heterocycles. The van der Waals surface area contributed by atoms with Gasteiger partial charge in [-0.3, -0.25) is 9.59 Å². The van der Waals surface area contributed by atoms with E-state index in [-0.39, 0.29) is 21.9 Å². The van der Waals surface area contributed by atoms with Crippen molar-refractivity contribution < 1.29 is 13.8 Å². The van der Waals surface area contributed by atoms with Gasteiger partial charge in [0.2, 0.25) is 0 Å². The zero-order valence-electron chi connectivity index (χ0n) is 21.1. The van der Waals surface area contributed by atoms with Gasteiger partial charge in [-0.15, -0.1) is 0 Å². The van der Waals surface area contributed by atoms with Gasteiger partial charge in [0.1, 0.15) is 12.5 Å². The minimum atomic E-state index is -0.113. The second-order valence-electron chi connectivity index (χ2n) is 11.0. The van der Waals surface area contributed by atoms with E-state index in [1.54, 1.807) is 6.26 Å². The fraction of sp³-hybridized carbons (Fsp3) is 0.769. The van der Waals surface area contributed by atoms with Crippen molar-refractivity contribution in [2.75, 3.05) is 13.2 Å². The zero-order chi connectivity index (χ0) is 24.2. The predicted octanol–water partition coefficient (Wildman–Crippen LogP) is 6.00. The van der Waals surface area contributed by atoms with Crippen LogP contribution >= 0.6 is 0 Å². The third-order valence-corrected chi connectivity index (χ3v) is 6.41. The van der Waals surface area contributed by atoms with Crippen LogP contribution in [-0.2, 0) is 17.6 Å². The molecule has 0 saturated carbocycles. The summed E-state index contributed by atoms with van der Waals surface area (Å²) in [5.41, 5.74) is 1.47. The van der Waals surface area contributed by atoms with Gasteiger partial charge >= 0.3 is 0 Å². The van der Waals surface area contributed by atoms with Crippen LogP contribution in [0.3, 0.4) is 0 Å². The van der Waals surface area contributed by atoms with Gasteiger partial charge in [0.25, 0.3) is 11.1 Å². The van der Waals surface area contributed by atoms with E-state index in [2.05, 4.69) is 38.0 Å². The van der Waals surface area contributed by atoms with Crippen molar-refractivity contribution in [2.24, 2.45) is 10.8 Å². The minimum absolute atomic E-state index is 0.0862. The van der Waals surface area contributed by atoms with Gasteiger partial charge in [0.15, 0.2) is 0 Å². The molecule has 2 aromatic rings. The van der Waals surface area contributed by atoms with Crippen LogP contribution in [0, 0.1) is 10.8 Å². The molecule has 0 aliphatic heterocycles. The highest BCUT2D eigenvalue weighted by atomic mass is 16.5. The second-order valence-corrected chi connectivity index (χ2v) is 11.0. The highest BCUT2D eigenvalue weighted by Gasteiger charge is 2.21. The van der Waals surface area contributed by atoms with E-state index >= 15 is 0 Å². The van der Waals surface area contributed by atoms with Crippen LogP contribution in [0.2, 0.25) is 0 Å². The SMILES string of the molecule is CC(C)(CCCCCCCCOCCCCC(C)(C)Cc1co[nH]c1=O)Cc1co[nH]c1=O. The van der Waals surface area contributed by atoms with Crippen LogP contribution in [0.4, 0.5) is 0 Å². The number of hydrogen-bond acceptors (Lipinski definition) is 5. The molecule has 0 aliphatic rings. The van der Waals surface area contributed by atoms with Crippen molar-refractivity contribution in [1.82, 2.24) is 10.3 Å². The van der Waals surface area contributed by atoms with E-state index in [1.807, 2.05) is 0 Å². The van der Waals surface area contributed by atoms with E-state index < -0.39 is 0 Å². The van der Waals surface area contributed by atoms with Crippen LogP contribution < -0.4 is 11.1 Å².